The molecule has 6 rings (SSSR count). The van der Waals surface area contributed by atoms with Crippen molar-refractivity contribution in [3.8, 4) is 22.7 Å². The molecule has 2 heterocycles. The van der Waals surface area contributed by atoms with Gasteiger partial charge in [0.2, 0.25) is 23.6 Å². The number of aromatic amines is 1. The van der Waals surface area contributed by atoms with E-state index >= 15 is 0 Å². The van der Waals surface area contributed by atoms with E-state index in [2.05, 4.69) is 15.5 Å². The highest BCUT2D eigenvalue weighted by Crippen LogP contribution is 2.35. The Morgan fingerprint density at radius 1 is 0.902 bits per heavy atom. The molecule has 0 aliphatic carbocycles. The molecule has 0 fully saturated rings. The van der Waals surface area contributed by atoms with Crippen molar-refractivity contribution in [1.29, 1.82) is 0 Å². The molecule has 3 amide bonds. The van der Waals surface area contributed by atoms with Crippen LogP contribution in [0.15, 0.2) is 89.5 Å². The van der Waals surface area contributed by atoms with Gasteiger partial charge in [-0.2, -0.15) is 5.10 Å². The topological polar surface area (TPSA) is 147 Å². The van der Waals surface area contributed by atoms with Crippen molar-refractivity contribution in [2.24, 2.45) is 5.73 Å². The Hall–Kier alpha value is -5.77. The fourth-order valence-corrected chi connectivity index (χ4v) is 4.84. The number of primary amides is 1. The second-order valence-electron chi connectivity index (χ2n) is 9.55. The fourth-order valence-electron chi connectivity index (χ4n) is 4.84. The quantitative estimate of drug-likeness (QED) is 0.242. The first-order chi connectivity index (χ1) is 19.8. The molecule has 10 nitrogen and oxygen atoms in total. The molecule has 0 atom stereocenters. The third-order valence-corrected chi connectivity index (χ3v) is 6.62. The van der Waals surface area contributed by atoms with Crippen molar-refractivity contribution in [3.05, 3.63) is 90.6 Å². The lowest BCUT2D eigenvalue weighted by atomic mass is 10.1. The van der Waals surface area contributed by atoms with Crippen LogP contribution in [0, 0.1) is 0 Å². The first-order valence-electron chi connectivity index (χ1n) is 12.7. The van der Waals surface area contributed by atoms with E-state index in [1.807, 2.05) is 48.5 Å². The number of carbonyl (C=O) groups is 3. The number of amides is 3. The smallest absolute Gasteiger partial charge is 0.248 e. The number of nitrogens with zero attached hydrogens (tertiary/aromatic N) is 3. The van der Waals surface area contributed by atoms with Crippen LogP contribution in [0.3, 0.4) is 0 Å². The van der Waals surface area contributed by atoms with Crippen molar-refractivity contribution in [2.45, 2.75) is 13.8 Å². The number of nitrogens with two attached hydrogens (primary N) is 1. The molecule has 0 spiro atoms. The number of nitrogens with one attached hydrogen (secondary N) is 2. The zero-order chi connectivity index (χ0) is 28.7. The van der Waals surface area contributed by atoms with E-state index in [-0.39, 0.29) is 17.4 Å². The molecular weight excluding hydrogens is 520 g/mol. The number of anilines is 3. The Bertz CT molecular complexity index is 1920. The van der Waals surface area contributed by atoms with Crippen LogP contribution in [0.5, 0.6) is 0 Å². The van der Waals surface area contributed by atoms with Gasteiger partial charge in [0, 0.05) is 42.5 Å². The number of fused-ring (bicyclic) bond motifs is 2. The van der Waals surface area contributed by atoms with Gasteiger partial charge in [-0.1, -0.05) is 36.4 Å². The minimum absolute atomic E-state index is 0.154. The number of H-pyrrole nitrogens is 1. The molecule has 10 heteroatoms. The van der Waals surface area contributed by atoms with E-state index in [9.17, 15) is 14.4 Å². The maximum Gasteiger partial charge on any atom is 0.248 e. The first kappa shape index (κ1) is 25.5. The van der Waals surface area contributed by atoms with Crippen molar-refractivity contribution in [1.82, 2.24) is 15.2 Å². The average Bonchev–Trinajstić information content (AvgIpc) is 3.58. The van der Waals surface area contributed by atoms with E-state index < -0.39 is 5.91 Å². The number of rotatable bonds is 6. The Kier molecular flexibility index (Phi) is 6.27. The summed E-state index contributed by atoms with van der Waals surface area (Å²) in [6.07, 6.45) is 1.73. The highest BCUT2D eigenvalue weighted by atomic mass is 16.3. The van der Waals surface area contributed by atoms with Crippen molar-refractivity contribution in [2.75, 3.05) is 10.2 Å². The number of carbonyl (C=O) groups excluding carboxylic acids is 3. The molecule has 0 aliphatic rings. The van der Waals surface area contributed by atoms with Gasteiger partial charge >= 0.3 is 0 Å². The predicted octanol–water partition coefficient (Wildman–Crippen LogP) is 5.78. The number of hydrogen-bond acceptors (Lipinski definition) is 6. The molecule has 4 N–H and O–H groups in total. The molecule has 0 saturated carbocycles. The molecule has 202 valence electrons. The summed E-state index contributed by atoms with van der Waals surface area (Å²) in [6.45, 7) is 2.76. The minimum Gasteiger partial charge on any atom is -0.436 e. The zero-order valence-corrected chi connectivity index (χ0v) is 22.1. The summed E-state index contributed by atoms with van der Waals surface area (Å²) < 4.78 is 6.11. The number of aromatic nitrogens is 3. The third kappa shape index (κ3) is 4.89. The summed E-state index contributed by atoms with van der Waals surface area (Å²) in [7, 11) is 0. The summed E-state index contributed by atoms with van der Waals surface area (Å²) in [5.74, 6) is -0.872. The normalized spacial score (nSPS) is 11.1. The number of oxazole rings is 1. The predicted molar refractivity (Wildman–Crippen MR) is 157 cm³/mol. The third-order valence-electron chi connectivity index (χ3n) is 6.62. The lowest BCUT2D eigenvalue weighted by Crippen LogP contribution is -2.24. The molecular formula is C31H24N6O4. The van der Waals surface area contributed by atoms with E-state index in [0.717, 1.165) is 21.9 Å². The van der Waals surface area contributed by atoms with Crippen LogP contribution in [0.4, 0.5) is 17.1 Å². The second kappa shape index (κ2) is 10.1. The molecule has 0 bridgehead atoms. The van der Waals surface area contributed by atoms with Crippen LogP contribution in [0.1, 0.15) is 24.2 Å². The number of benzene rings is 4. The highest BCUT2D eigenvalue weighted by Gasteiger charge is 2.20. The van der Waals surface area contributed by atoms with Crippen molar-refractivity contribution >= 4 is 56.7 Å². The van der Waals surface area contributed by atoms with Crippen LogP contribution in [0.2, 0.25) is 0 Å². The molecule has 2 aromatic heterocycles. The Morgan fingerprint density at radius 3 is 2.32 bits per heavy atom. The van der Waals surface area contributed by atoms with Crippen molar-refractivity contribution in [3.63, 3.8) is 0 Å². The standard InChI is InChI=1S/C31H24N6O4/c1-17(38)34-23-11-22(30(32)40)12-25(15-23)37(18(2)39)24-9-7-19(8-10-24)29-26(16-33-36-29)31-35-27-13-20-5-3-4-6-21(20)14-28(27)41-31/h3-16H,1-2H3,(H2,32,40)(H,33,36)(H,34,38). The van der Waals surface area contributed by atoms with Crippen LogP contribution < -0.4 is 16.0 Å². The van der Waals surface area contributed by atoms with Gasteiger partial charge in [-0.05, 0) is 53.2 Å². The van der Waals surface area contributed by atoms with E-state index in [0.29, 0.717) is 39.8 Å². The Morgan fingerprint density at radius 2 is 1.63 bits per heavy atom. The van der Waals surface area contributed by atoms with Gasteiger partial charge in [-0.3, -0.25) is 24.4 Å². The van der Waals surface area contributed by atoms with E-state index in [1.165, 1.54) is 30.9 Å². The minimum atomic E-state index is -0.685. The maximum atomic E-state index is 12.8. The SMILES string of the molecule is CC(=O)Nc1cc(C(N)=O)cc(N(C(C)=O)c2ccc(-c3n[nH]cc3-c3nc4cc5ccccc5cc4o3)cc2)c1. The highest BCUT2D eigenvalue weighted by molar-refractivity contribution is 6.03. The summed E-state index contributed by atoms with van der Waals surface area (Å²) in [5, 5.41) is 12.1. The second-order valence-corrected chi connectivity index (χ2v) is 9.55. The molecule has 0 unspecified atom stereocenters. The van der Waals surface area contributed by atoms with Gasteiger partial charge in [0.1, 0.15) is 11.2 Å². The maximum absolute atomic E-state index is 12.8. The molecule has 6 aromatic rings. The fraction of sp³-hybridized carbons (Fsp3) is 0.0645. The van der Waals surface area contributed by atoms with Gasteiger partial charge in [0.15, 0.2) is 5.58 Å². The molecule has 4 aromatic carbocycles. The zero-order valence-electron chi connectivity index (χ0n) is 22.1. The molecule has 0 aliphatic heterocycles. The van der Waals surface area contributed by atoms with Gasteiger partial charge in [0.05, 0.1) is 11.3 Å². The lowest BCUT2D eigenvalue weighted by Gasteiger charge is -2.23. The Labute approximate surface area is 233 Å². The van der Waals surface area contributed by atoms with Crippen LogP contribution in [-0.4, -0.2) is 32.9 Å². The summed E-state index contributed by atoms with van der Waals surface area (Å²) in [6, 6.07) is 23.7. The summed E-state index contributed by atoms with van der Waals surface area (Å²) in [5.41, 5.74) is 10.4. The molecule has 0 saturated heterocycles. The van der Waals surface area contributed by atoms with Gasteiger partial charge < -0.3 is 15.5 Å². The lowest BCUT2D eigenvalue weighted by molar-refractivity contribution is -0.116. The largest absolute Gasteiger partial charge is 0.436 e. The van der Waals surface area contributed by atoms with Crippen LogP contribution >= 0.6 is 0 Å². The first-order valence-corrected chi connectivity index (χ1v) is 12.7. The average molecular weight is 545 g/mol. The number of hydrogen-bond donors (Lipinski definition) is 3. The monoisotopic (exact) mass is 544 g/mol. The molecule has 41 heavy (non-hydrogen) atoms. The molecule has 0 radical (unpaired) electrons. The van der Waals surface area contributed by atoms with Gasteiger partial charge in [-0.25, -0.2) is 4.98 Å². The van der Waals surface area contributed by atoms with Crippen LogP contribution in [-0.2, 0) is 9.59 Å². The van der Waals surface area contributed by atoms with E-state index in [4.69, 9.17) is 15.1 Å². The summed E-state index contributed by atoms with van der Waals surface area (Å²) >= 11 is 0. The Balaban J connectivity index is 1.36. The summed E-state index contributed by atoms with van der Waals surface area (Å²) in [4.78, 5) is 42.5. The van der Waals surface area contributed by atoms with Gasteiger partial charge in [0.25, 0.3) is 0 Å². The van der Waals surface area contributed by atoms with Crippen molar-refractivity contribution < 1.29 is 18.8 Å². The van der Waals surface area contributed by atoms with E-state index in [1.54, 1.807) is 24.4 Å². The van der Waals surface area contributed by atoms with Gasteiger partial charge in [-0.15, -0.1) is 0 Å². The van der Waals surface area contributed by atoms with Crippen LogP contribution in [0.25, 0.3) is 44.6 Å².